The van der Waals surface area contributed by atoms with E-state index >= 15 is 0 Å². The van der Waals surface area contributed by atoms with Gasteiger partial charge in [-0.05, 0) is 36.8 Å². The summed E-state index contributed by atoms with van der Waals surface area (Å²) in [6.07, 6.45) is 0. The van der Waals surface area contributed by atoms with Gasteiger partial charge in [0.2, 0.25) is 5.89 Å². The van der Waals surface area contributed by atoms with Crippen molar-refractivity contribution in [2.45, 2.75) is 13.5 Å². The number of fused-ring (bicyclic) bond motifs is 1. The van der Waals surface area contributed by atoms with Crippen LogP contribution in [0.1, 0.15) is 11.5 Å². The molecule has 5 heteroatoms. The number of methoxy groups -OCH3 is 1. The molecule has 0 bridgehead atoms. The molecule has 0 aliphatic rings. The van der Waals surface area contributed by atoms with Crippen LogP contribution in [0.2, 0.25) is 0 Å². The minimum absolute atomic E-state index is 0.216. The summed E-state index contributed by atoms with van der Waals surface area (Å²) in [6, 6.07) is 11.2. The van der Waals surface area contributed by atoms with Gasteiger partial charge < -0.3 is 19.6 Å². The van der Waals surface area contributed by atoms with E-state index in [-0.39, 0.29) is 6.61 Å². The highest BCUT2D eigenvalue weighted by atomic mass is 16.5. The van der Waals surface area contributed by atoms with E-state index < -0.39 is 0 Å². The predicted octanol–water partition coefficient (Wildman–Crippen LogP) is 3.31. The number of nitrogens with zero attached hydrogens (tertiary/aromatic N) is 1. The average molecular weight is 284 g/mol. The molecule has 3 rings (SSSR count). The van der Waals surface area contributed by atoms with Gasteiger partial charge in [0.05, 0.1) is 12.8 Å². The Morgan fingerprint density at radius 3 is 2.81 bits per heavy atom. The topological polar surface area (TPSA) is 70.5 Å². The van der Waals surface area contributed by atoms with E-state index in [2.05, 4.69) is 4.98 Å². The largest absolute Gasteiger partial charge is 0.493 e. The molecular weight excluding hydrogens is 268 g/mol. The molecule has 1 heterocycles. The molecular formula is C16H16N2O3. The highest BCUT2D eigenvalue weighted by Gasteiger charge is 2.10. The number of ether oxygens (including phenoxy) is 2. The Hall–Kier alpha value is -2.69. The fourth-order valence-electron chi connectivity index (χ4n) is 2.11. The van der Waals surface area contributed by atoms with Crippen LogP contribution >= 0.6 is 0 Å². The highest BCUT2D eigenvalue weighted by Crippen LogP contribution is 2.29. The summed E-state index contributed by atoms with van der Waals surface area (Å²) in [5, 5.41) is 0. The van der Waals surface area contributed by atoms with Crippen molar-refractivity contribution in [1.29, 1.82) is 0 Å². The number of benzene rings is 2. The lowest BCUT2D eigenvalue weighted by atomic mass is 10.2. The number of aryl methyl sites for hydroxylation is 1. The van der Waals surface area contributed by atoms with Crippen molar-refractivity contribution in [3.05, 3.63) is 47.9 Å². The van der Waals surface area contributed by atoms with Crippen LogP contribution in [0.5, 0.6) is 11.5 Å². The van der Waals surface area contributed by atoms with Crippen LogP contribution in [-0.2, 0) is 6.61 Å². The highest BCUT2D eigenvalue weighted by molar-refractivity contribution is 5.85. The molecule has 0 saturated heterocycles. The number of oxazole rings is 1. The quantitative estimate of drug-likeness (QED) is 0.744. The number of hydrogen-bond acceptors (Lipinski definition) is 5. The summed E-state index contributed by atoms with van der Waals surface area (Å²) in [7, 11) is 1.61. The Labute approximate surface area is 122 Å². The number of rotatable bonds is 4. The predicted molar refractivity (Wildman–Crippen MR) is 80.5 cm³/mol. The number of para-hydroxylation sites is 1. The number of nitrogen functional groups attached to an aromatic ring is 1. The minimum Gasteiger partial charge on any atom is -0.493 e. The second-order valence-electron chi connectivity index (χ2n) is 4.74. The van der Waals surface area contributed by atoms with Gasteiger partial charge in [0, 0.05) is 0 Å². The third-order valence-electron chi connectivity index (χ3n) is 3.16. The van der Waals surface area contributed by atoms with Crippen molar-refractivity contribution >= 4 is 16.8 Å². The Bertz CT molecular complexity index is 780. The molecule has 0 spiro atoms. The first kappa shape index (κ1) is 13.3. The van der Waals surface area contributed by atoms with Crippen molar-refractivity contribution in [3.8, 4) is 11.5 Å². The summed E-state index contributed by atoms with van der Waals surface area (Å²) in [4.78, 5) is 4.34. The van der Waals surface area contributed by atoms with Crippen molar-refractivity contribution in [3.63, 3.8) is 0 Å². The van der Waals surface area contributed by atoms with E-state index in [1.165, 1.54) is 0 Å². The molecule has 0 fully saturated rings. The molecule has 2 aromatic carbocycles. The van der Waals surface area contributed by atoms with E-state index in [0.29, 0.717) is 34.2 Å². The van der Waals surface area contributed by atoms with Gasteiger partial charge in [-0.25, -0.2) is 4.98 Å². The standard InChI is InChI=1S/C16H16N2O3/c1-10-6-7-12(14(8-10)19-2)20-9-15-18-16-11(17)4-3-5-13(16)21-15/h3-8H,9,17H2,1-2H3. The number of nitrogens with two attached hydrogens (primary N) is 1. The zero-order chi connectivity index (χ0) is 14.8. The fraction of sp³-hybridized carbons (Fsp3) is 0.188. The molecule has 0 radical (unpaired) electrons. The first-order valence-electron chi connectivity index (χ1n) is 6.58. The van der Waals surface area contributed by atoms with Gasteiger partial charge in [0.15, 0.2) is 23.7 Å². The second kappa shape index (κ2) is 5.36. The molecule has 0 unspecified atom stereocenters. The number of hydrogen-bond donors (Lipinski definition) is 1. The molecule has 5 nitrogen and oxygen atoms in total. The molecule has 0 atom stereocenters. The fourth-order valence-corrected chi connectivity index (χ4v) is 2.11. The zero-order valence-electron chi connectivity index (χ0n) is 11.9. The van der Waals surface area contributed by atoms with Crippen LogP contribution in [0.15, 0.2) is 40.8 Å². The smallest absolute Gasteiger partial charge is 0.233 e. The van der Waals surface area contributed by atoms with Gasteiger partial charge in [0.25, 0.3) is 0 Å². The summed E-state index contributed by atoms with van der Waals surface area (Å²) in [5.41, 5.74) is 8.87. The lowest BCUT2D eigenvalue weighted by Crippen LogP contribution is -1.98. The monoisotopic (exact) mass is 284 g/mol. The van der Waals surface area contributed by atoms with E-state index in [9.17, 15) is 0 Å². The van der Waals surface area contributed by atoms with Crippen molar-refractivity contribution in [2.75, 3.05) is 12.8 Å². The van der Waals surface area contributed by atoms with Gasteiger partial charge in [-0.1, -0.05) is 12.1 Å². The molecule has 1 aromatic heterocycles. The summed E-state index contributed by atoms with van der Waals surface area (Å²) in [5.74, 6) is 1.81. The van der Waals surface area contributed by atoms with Gasteiger partial charge in [-0.15, -0.1) is 0 Å². The lowest BCUT2D eigenvalue weighted by Gasteiger charge is -2.09. The van der Waals surface area contributed by atoms with Gasteiger partial charge >= 0.3 is 0 Å². The third-order valence-corrected chi connectivity index (χ3v) is 3.16. The van der Waals surface area contributed by atoms with Crippen LogP contribution in [0.4, 0.5) is 5.69 Å². The van der Waals surface area contributed by atoms with Gasteiger partial charge in [0.1, 0.15) is 5.52 Å². The van der Waals surface area contributed by atoms with Crippen molar-refractivity contribution < 1.29 is 13.9 Å². The molecule has 0 saturated carbocycles. The molecule has 2 N–H and O–H groups in total. The molecule has 108 valence electrons. The molecule has 0 amide bonds. The second-order valence-corrected chi connectivity index (χ2v) is 4.74. The molecule has 0 aliphatic carbocycles. The maximum atomic E-state index is 5.86. The number of anilines is 1. The van der Waals surface area contributed by atoms with E-state index in [4.69, 9.17) is 19.6 Å². The lowest BCUT2D eigenvalue weighted by molar-refractivity contribution is 0.253. The van der Waals surface area contributed by atoms with E-state index in [1.807, 2.05) is 37.3 Å². The minimum atomic E-state index is 0.216. The Morgan fingerprint density at radius 1 is 1.19 bits per heavy atom. The van der Waals surface area contributed by atoms with Crippen LogP contribution in [0.25, 0.3) is 11.1 Å². The maximum absolute atomic E-state index is 5.86. The van der Waals surface area contributed by atoms with Gasteiger partial charge in [-0.3, -0.25) is 0 Å². The first-order valence-corrected chi connectivity index (χ1v) is 6.58. The Morgan fingerprint density at radius 2 is 2.05 bits per heavy atom. The Kier molecular flexibility index (Phi) is 3.39. The summed E-state index contributed by atoms with van der Waals surface area (Å²) >= 11 is 0. The molecule has 0 aliphatic heterocycles. The maximum Gasteiger partial charge on any atom is 0.233 e. The SMILES string of the molecule is COc1cc(C)ccc1OCc1nc2c(N)cccc2o1. The van der Waals surface area contributed by atoms with Gasteiger partial charge in [-0.2, -0.15) is 0 Å². The Balaban J connectivity index is 1.82. The summed E-state index contributed by atoms with van der Waals surface area (Å²) in [6.45, 7) is 2.21. The third kappa shape index (κ3) is 2.63. The molecule has 21 heavy (non-hydrogen) atoms. The van der Waals surface area contributed by atoms with Crippen LogP contribution in [-0.4, -0.2) is 12.1 Å². The average Bonchev–Trinajstić information content (AvgIpc) is 2.90. The number of aromatic nitrogens is 1. The van der Waals surface area contributed by atoms with Crippen LogP contribution < -0.4 is 15.2 Å². The van der Waals surface area contributed by atoms with Crippen LogP contribution in [0.3, 0.4) is 0 Å². The molecule has 3 aromatic rings. The normalized spacial score (nSPS) is 10.8. The van der Waals surface area contributed by atoms with Crippen molar-refractivity contribution in [1.82, 2.24) is 4.98 Å². The van der Waals surface area contributed by atoms with Crippen molar-refractivity contribution in [2.24, 2.45) is 0 Å². The first-order chi connectivity index (χ1) is 10.2. The van der Waals surface area contributed by atoms with Crippen LogP contribution in [0, 0.1) is 6.92 Å². The van der Waals surface area contributed by atoms with E-state index in [1.54, 1.807) is 13.2 Å². The zero-order valence-corrected chi connectivity index (χ0v) is 11.9. The van der Waals surface area contributed by atoms with E-state index in [0.717, 1.165) is 5.56 Å². The summed E-state index contributed by atoms with van der Waals surface area (Å²) < 4.78 is 16.6.